The Labute approximate surface area is 206 Å². The van der Waals surface area contributed by atoms with Gasteiger partial charge in [0.1, 0.15) is 0 Å². The predicted octanol–water partition coefficient (Wildman–Crippen LogP) is 4.06. The Balaban J connectivity index is 1.41. The average molecular weight is 485 g/mol. The molecule has 2 aliphatic rings. The number of aryl methyl sites for hydroxylation is 1. The van der Waals surface area contributed by atoms with Crippen molar-refractivity contribution in [1.82, 2.24) is 14.8 Å². The van der Waals surface area contributed by atoms with Crippen LogP contribution in [0.3, 0.4) is 0 Å². The number of piperazine rings is 1. The van der Waals surface area contributed by atoms with E-state index in [1.165, 1.54) is 0 Å². The van der Waals surface area contributed by atoms with Gasteiger partial charge in [0, 0.05) is 74.0 Å². The fraction of sp³-hybridized carbons (Fsp3) is 0.500. The molecule has 3 heterocycles. The van der Waals surface area contributed by atoms with E-state index in [0.717, 1.165) is 49.3 Å². The number of hydrogen-bond donors (Lipinski definition) is 1. The maximum absolute atomic E-state index is 13.0. The first kappa shape index (κ1) is 24.6. The van der Waals surface area contributed by atoms with E-state index in [9.17, 15) is 9.59 Å². The van der Waals surface area contributed by atoms with Gasteiger partial charge < -0.3 is 15.0 Å². The van der Waals surface area contributed by atoms with Gasteiger partial charge in [0.2, 0.25) is 5.91 Å². The summed E-state index contributed by atoms with van der Waals surface area (Å²) < 4.78 is 5.41. The highest BCUT2D eigenvalue weighted by molar-refractivity contribution is 6.31. The molecule has 1 unspecified atom stereocenters. The number of pyridine rings is 1. The van der Waals surface area contributed by atoms with Gasteiger partial charge in [-0.15, -0.1) is 0 Å². The number of amides is 2. The summed E-state index contributed by atoms with van der Waals surface area (Å²) in [6, 6.07) is 7.48. The van der Waals surface area contributed by atoms with Gasteiger partial charge in [-0.1, -0.05) is 11.6 Å². The molecule has 0 aliphatic carbocycles. The second-order valence-electron chi connectivity index (χ2n) is 9.38. The van der Waals surface area contributed by atoms with Crippen LogP contribution in [0.15, 0.2) is 30.5 Å². The van der Waals surface area contributed by atoms with Crippen LogP contribution < -0.4 is 5.32 Å². The van der Waals surface area contributed by atoms with Gasteiger partial charge in [-0.05, 0) is 69.0 Å². The smallest absolute Gasteiger partial charge is 0.257 e. The molecule has 2 saturated heterocycles. The van der Waals surface area contributed by atoms with Crippen molar-refractivity contribution < 1.29 is 14.3 Å². The Bertz CT molecular complexity index is 1040. The van der Waals surface area contributed by atoms with Gasteiger partial charge in [-0.2, -0.15) is 0 Å². The molecule has 0 spiro atoms. The van der Waals surface area contributed by atoms with Crippen LogP contribution in [-0.4, -0.2) is 65.5 Å². The van der Waals surface area contributed by atoms with Gasteiger partial charge in [0.15, 0.2) is 0 Å². The Morgan fingerprint density at radius 1 is 1.18 bits per heavy atom. The molecule has 8 heteroatoms. The lowest BCUT2D eigenvalue weighted by atomic mass is 9.97. The van der Waals surface area contributed by atoms with Gasteiger partial charge in [0.05, 0.1) is 5.56 Å². The Kier molecular flexibility index (Phi) is 7.86. The summed E-state index contributed by atoms with van der Waals surface area (Å²) in [6.07, 6.45) is 3.22. The van der Waals surface area contributed by atoms with E-state index in [4.69, 9.17) is 16.3 Å². The van der Waals surface area contributed by atoms with Crippen molar-refractivity contribution in [3.05, 3.63) is 57.9 Å². The second kappa shape index (κ2) is 10.8. The summed E-state index contributed by atoms with van der Waals surface area (Å²) in [5, 5.41) is 3.57. The highest BCUT2D eigenvalue weighted by Gasteiger charge is 2.32. The number of benzene rings is 1. The van der Waals surface area contributed by atoms with Crippen molar-refractivity contribution in [2.24, 2.45) is 5.92 Å². The van der Waals surface area contributed by atoms with Crippen LogP contribution in [0.5, 0.6) is 0 Å². The molecule has 182 valence electrons. The summed E-state index contributed by atoms with van der Waals surface area (Å²) in [4.78, 5) is 34.3. The number of halogens is 1. The summed E-state index contributed by atoms with van der Waals surface area (Å²) in [6.45, 7) is 10.4. The zero-order chi connectivity index (χ0) is 24.2. The Hall–Kier alpha value is -2.48. The van der Waals surface area contributed by atoms with Crippen molar-refractivity contribution in [2.45, 2.75) is 46.2 Å². The quantitative estimate of drug-likeness (QED) is 0.692. The number of hydrogen-bond acceptors (Lipinski definition) is 5. The molecule has 1 aromatic heterocycles. The molecule has 2 fully saturated rings. The summed E-state index contributed by atoms with van der Waals surface area (Å²) in [7, 11) is 0. The van der Waals surface area contributed by atoms with Crippen LogP contribution in [0.1, 0.15) is 46.9 Å². The summed E-state index contributed by atoms with van der Waals surface area (Å²) in [5.41, 5.74) is 4.13. The molecule has 1 atom stereocenters. The van der Waals surface area contributed by atoms with Gasteiger partial charge in [-0.25, -0.2) is 0 Å². The summed E-state index contributed by atoms with van der Waals surface area (Å²) >= 11 is 6.42. The Morgan fingerprint density at radius 3 is 2.62 bits per heavy atom. The molecule has 1 N–H and O–H groups in total. The van der Waals surface area contributed by atoms with Gasteiger partial charge in [0.25, 0.3) is 5.91 Å². The largest absolute Gasteiger partial charge is 0.381 e. The van der Waals surface area contributed by atoms with Crippen LogP contribution in [0.2, 0.25) is 5.02 Å². The molecule has 0 bridgehead atoms. The van der Waals surface area contributed by atoms with Gasteiger partial charge in [-0.3, -0.25) is 19.5 Å². The van der Waals surface area contributed by atoms with E-state index >= 15 is 0 Å². The first-order valence-corrected chi connectivity index (χ1v) is 12.3. The van der Waals surface area contributed by atoms with Crippen LogP contribution in [0, 0.1) is 19.8 Å². The first-order valence-electron chi connectivity index (χ1n) is 12.0. The molecule has 0 radical (unpaired) electrons. The average Bonchev–Trinajstić information content (AvgIpc) is 2.82. The SMILES string of the molecule is Cc1ccc(C(=O)Nc2cc(Cl)cc(CN3CCN(C(=O)C4CCOCC4)C(C)C3)c2C)cn1. The lowest BCUT2D eigenvalue weighted by Gasteiger charge is -2.42. The first-order chi connectivity index (χ1) is 16.3. The zero-order valence-electron chi connectivity index (χ0n) is 20.1. The Morgan fingerprint density at radius 2 is 1.94 bits per heavy atom. The van der Waals surface area contributed by atoms with E-state index in [0.29, 0.717) is 36.0 Å². The number of ether oxygens (including phenoxy) is 1. The van der Waals surface area contributed by atoms with Crippen molar-refractivity contribution in [2.75, 3.05) is 38.2 Å². The highest BCUT2D eigenvalue weighted by Crippen LogP contribution is 2.28. The maximum Gasteiger partial charge on any atom is 0.257 e. The number of carbonyl (C=O) groups excluding carboxylic acids is 2. The molecule has 0 saturated carbocycles. The predicted molar refractivity (Wildman–Crippen MR) is 133 cm³/mol. The maximum atomic E-state index is 13.0. The molecule has 34 heavy (non-hydrogen) atoms. The fourth-order valence-electron chi connectivity index (χ4n) is 4.75. The van der Waals surface area contributed by atoms with E-state index in [1.807, 2.05) is 30.9 Å². The molecular weight excluding hydrogens is 452 g/mol. The minimum absolute atomic E-state index is 0.0906. The molecule has 4 rings (SSSR count). The van der Waals surface area contributed by atoms with Crippen LogP contribution in [-0.2, 0) is 16.1 Å². The molecule has 2 amide bonds. The molecule has 2 aliphatic heterocycles. The van der Waals surface area contributed by atoms with Crippen LogP contribution in [0.4, 0.5) is 5.69 Å². The van der Waals surface area contributed by atoms with Crippen molar-refractivity contribution >= 4 is 29.1 Å². The molecular formula is C26H33ClN4O3. The molecule has 1 aromatic carbocycles. The number of nitrogens with one attached hydrogen (secondary N) is 1. The monoisotopic (exact) mass is 484 g/mol. The van der Waals surface area contributed by atoms with E-state index in [-0.39, 0.29) is 23.8 Å². The van der Waals surface area contributed by atoms with Gasteiger partial charge >= 0.3 is 0 Å². The third-order valence-corrected chi connectivity index (χ3v) is 7.08. The third kappa shape index (κ3) is 5.77. The minimum Gasteiger partial charge on any atom is -0.381 e. The van der Waals surface area contributed by atoms with Crippen LogP contribution >= 0.6 is 11.6 Å². The minimum atomic E-state index is -0.210. The lowest BCUT2D eigenvalue weighted by molar-refractivity contribution is -0.143. The number of anilines is 1. The van der Waals surface area contributed by atoms with Crippen molar-refractivity contribution in [3.63, 3.8) is 0 Å². The topological polar surface area (TPSA) is 74.8 Å². The fourth-order valence-corrected chi connectivity index (χ4v) is 4.99. The number of nitrogens with zero attached hydrogens (tertiary/aromatic N) is 3. The van der Waals surface area contributed by atoms with E-state index in [1.54, 1.807) is 18.3 Å². The third-order valence-electron chi connectivity index (χ3n) is 6.86. The normalized spacial score (nSPS) is 19.8. The highest BCUT2D eigenvalue weighted by atomic mass is 35.5. The molecule has 2 aromatic rings. The summed E-state index contributed by atoms with van der Waals surface area (Å²) in [5.74, 6) is 0.149. The standard InChI is InChI=1S/C26H33ClN4O3/c1-17-4-5-21(14-28-17)25(32)29-24-13-23(27)12-22(19(24)3)16-30-8-9-31(18(2)15-30)26(33)20-6-10-34-11-7-20/h4-5,12-14,18,20H,6-11,15-16H2,1-3H3,(H,29,32). The van der Waals surface area contributed by atoms with Crippen molar-refractivity contribution in [1.29, 1.82) is 0 Å². The number of rotatable bonds is 5. The zero-order valence-corrected chi connectivity index (χ0v) is 20.9. The number of aromatic nitrogens is 1. The second-order valence-corrected chi connectivity index (χ2v) is 9.82. The number of carbonyl (C=O) groups is 2. The molecule has 7 nitrogen and oxygen atoms in total. The van der Waals surface area contributed by atoms with E-state index in [2.05, 4.69) is 22.1 Å². The van der Waals surface area contributed by atoms with E-state index < -0.39 is 0 Å². The lowest BCUT2D eigenvalue weighted by Crippen LogP contribution is -2.55. The van der Waals surface area contributed by atoms with Crippen LogP contribution in [0.25, 0.3) is 0 Å². The van der Waals surface area contributed by atoms with Crippen molar-refractivity contribution in [3.8, 4) is 0 Å².